The summed E-state index contributed by atoms with van der Waals surface area (Å²) >= 11 is 1.26. The van der Waals surface area contributed by atoms with Crippen molar-refractivity contribution >= 4 is 41.1 Å². The summed E-state index contributed by atoms with van der Waals surface area (Å²) in [6.07, 6.45) is -2.22. The molecule has 0 aliphatic heterocycles. The number of anilines is 2. The molecular formula is C24H21F3N4O5S. The monoisotopic (exact) mass is 534 g/mol. The van der Waals surface area contributed by atoms with Crippen LogP contribution in [0.25, 0.3) is 0 Å². The zero-order valence-electron chi connectivity index (χ0n) is 19.4. The molecule has 0 fully saturated rings. The van der Waals surface area contributed by atoms with Gasteiger partial charge in [-0.15, -0.1) is 24.9 Å². The molecule has 2 amide bonds. The fourth-order valence-electron chi connectivity index (χ4n) is 2.93. The lowest BCUT2D eigenvalue weighted by atomic mass is 10.2. The van der Waals surface area contributed by atoms with Crippen LogP contribution in [0.5, 0.6) is 5.75 Å². The summed E-state index contributed by atoms with van der Waals surface area (Å²) in [5.74, 6) is -1.47. The molecule has 0 saturated heterocycles. The Bertz CT molecular complexity index is 1260. The predicted molar refractivity (Wildman–Crippen MR) is 129 cm³/mol. The summed E-state index contributed by atoms with van der Waals surface area (Å²) < 4.78 is 45.5. The first-order valence-corrected chi connectivity index (χ1v) is 11.8. The van der Waals surface area contributed by atoms with E-state index >= 15 is 0 Å². The Labute approximate surface area is 213 Å². The highest BCUT2D eigenvalue weighted by Crippen LogP contribution is 2.27. The minimum Gasteiger partial charge on any atom is -0.466 e. The number of ether oxygens (including phenoxy) is 2. The zero-order chi connectivity index (χ0) is 26.8. The Kier molecular flexibility index (Phi) is 9.44. The number of halogens is 3. The summed E-state index contributed by atoms with van der Waals surface area (Å²) in [5.41, 5.74) is 1.31. The number of nitrogens with one attached hydrogen (secondary N) is 2. The maximum Gasteiger partial charge on any atom is 0.573 e. The van der Waals surface area contributed by atoms with Gasteiger partial charge in [-0.1, -0.05) is 0 Å². The molecule has 0 saturated carbocycles. The lowest BCUT2D eigenvalue weighted by molar-refractivity contribution is -0.274. The van der Waals surface area contributed by atoms with Crippen LogP contribution in [-0.2, 0) is 20.1 Å². The van der Waals surface area contributed by atoms with Crippen molar-refractivity contribution in [3.05, 3.63) is 72.1 Å². The van der Waals surface area contributed by atoms with Crippen molar-refractivity contribution in [2.45, 2.75) is 30.5 Å². The van der Waals surface area contributed by atoms with Crippen LogP contribution in [0.1, 0.15) is 29.3 Å². The third-order valence-electron chi connectivity index (χ3n) is 4.44. The second kappa shape index (κ2) is 12.7. The number of nitrogens with zero attached hydrogens (tertiary/aromatic N) is 2. The molecule has 0 unspecified atom stereocenters. The number of esters is 1. The number of hydrogen-bond donors (Lipinski definition) is 2. The first kappa shape index (κ1) is 27.5. The highest BCUT2D eigenvalue weighted by atomic mass is 32.2. The Hall–Kier alpha value is -4.13. The van der Waals surface area contributed by atoms with E-state index in [4.69, 9.17) is 4.74 Å². The summed E-state index contributed by atoms with van der Waals surface area (Å²) in [6, 6.07) is 11.3. The van der Waals surface area contributed by atoms with Gasteiger partial charge < -0.3 is 20.1 Å². The van der Waals surface area contributed by atoms with Crippen molar-refractivity contribution in [3.63, 3.8) is 0 Å². The van der Waals surface area contributed by atoms with Crippen LogP contribution in [0.4, 0.5) is 24.7 Å². The van der Waals surface area contributed by atoms with Crippen molar-refractivity contribution in [3.8, 4) is 5.75 Å². The molecule has 13 heteroatoms. The van der Waals surface area contributed by atoms with E-state index in [9.17, 15) is 27.6 Å². The molecule has 0 aliphatic rings. The van der Waals surface area contributed by atoms with E-state index in [-0.39, 0.29) is 23.7 Å². The first-order valence-electron chi connectivity index (χ1n) is 10.8. The molecule has 0 aliphatic carbocycles. The molecule has 0 spiro atoms. The molecule has 0 atom stereocenters. The van der Waals surface area contributed by atoms with Crippen molar-refractivity contribution < 1.29 is 37.0 Å². The lowest BCUT2D eigenvalue weighted by Gasteiger charge is -2.11. The number of hydrogen-bond acceptors (Lipinski definition) is 8. The summed E-state index contributed by atoms with van der Waals surface area (Å²) in [7, 11) is 0. The molecule has 3 aromatic rings. The maximum atomic E-state index is 12.8. The van der Waals surface area contributed by atoms with Gasteiger partial charge in [-0.2, -0.15) is 0 Å². The Morgan fingerprint density at radius 1 is 1.00 bits per heavy atom. The number of pyridine rings is 2. The number of aromatic nitrogens is 2. The highest BCUT2D eigenvalue weighted by Gasteiger charge is 2.31. The van der Waals surface area contributed by atoms with Gasteiger partial charge in [0.2, 0.25) is 5.91 Å². The van der Waals surface area contributed by atoms with Gasteiger partial charge in [0.1, 0.15) is 23.0 Å². The second-order valence-corrected chi connectivity index (χ2v) is 8.21. The highest BCUT2D eigenvalue weighted by molar-refractivity contribution is 7.98. The van der Waals surface area contributed by atoms with E-state index in [1.165, 1.54) is 36.3 Å². The number of thioether (sulfide) groups is 1. The number of rotatable bonds is 10. The molecule has 0 bridgehead atoms. The van der Waals surface area contributed by atoms with Gasteiger partial charge in [0.25, 0.3) is 5.91 Å². The van der Waals surface area contributed by atoms with E-state index in [2.05, 4.69) is 25.3 Å². The van der Waals surface area contributed by atoms with E-state index in [0.717, 1.165) is 17.7 Å². The molecule has 2 heterocycles. The van der Waals surface area contributed by atoms with Crippen molar-refractivity contribution in [1.29, 1.82) is 0 Å². The third-order valence-corrected chi connectivity index (χ3v) is 5.52. The summed E-state index contributed by atoms with van der Waals surface area (Å²) in [5, 5.41) is 5.57. The molecule has 2 N–H and O–H groups in total. The number of carbonyl (C=O) groups is 3. The number of alkyl halides is 3. The molecular weight excluding hydrogens is 513 g/mol. The Balaban J connectivity index is 1.61. The maximum absolute atomic E-state index is 12.8. The predicted octanol–water partition coefficient (Wildman–Crippen LogP) is 4.81. The summed E-state index contributed by atoms with van der Waals surface area (Å²) in [4.78, 5) is 44.5. The minimum absolute atomic E-state index is 0.174. The van der Waals surface area contributed by atoms with Gasteiger partial charge in [0.05, 0.1) is 12.2 Å². The fourth-order valence-corrected chi connectivity index (χ4v) is 3.87. The number of amides is 2. The first-order chi connectivity index (χ1) is 17.6. The van der Waals surface area contributed by atoms with E-state index in [0.29, 0.717) is 10.8 Å². The SMILES string of the molecule is CCOC(=O)CC(=O)Nc1cc(CSc2ncccc2C(=O)Nc2ccc(OC(F)(F)F)cc2)ccn1. The van der Waals surface area contributed by atoms with Crippen LogP contribution in [0.3, 0.4) is 0 Å². The van der Waals surface area contributed by atoms with Crippen LogP contribution in [0.2, 0.25) is 0 Å². The average molecular weight is 535 g/mol. The quantitative estimate of drug-likeness (QED) is 0.216. The van der Waals surface area contributed by atoms with Crippen molar-refractivity contribution in [1.82, 2.24) is 9.97 Å². The molecule has 9 nitrogen and oxygen atoms in total. The largest absolute Gasteiger partial charge is 0.573 e. The smallest absolute Gasteiger partial charge is 0.466 e. The van der Waals surface area contributed by atoms with Crippen LogP contribution in [0.15, 0.2) is 66.0 Å². The van der Waals surface area contributed by atoms with Crippen LogP contribution in [0, 0.1) is 0 Å². The topological polar surface area (TPSA) is 120 Å². The van der Waals surface area contributed by atoms with E-state index in [1.54, 1.807) is 31.2 Å². The zero-order valence-corrected chi connectivity index (χ0v) is 20.2. The van der Waals surface area contributed by atoms with Crippen molar-refractivity contribution in [2.75, 3.05) is 17.2 Å². The summed E-state index contributed by atoms with van der Waals surface area (Å²) in [6.45, 7) is 1.82. The van der Waals surface area contributed by atoms with E-state index < -0.39 is 36.3 Å². The molecule has 194 valence electrons. The number of benzene rings is 1. The standard InChI is InChI=1S/C24H21F3N4O5S/c1-2-35-21(33)13-20(32)31-19-12-15(9-11-28-19)14-37-23-18(4-3-10-29-23)22(34)30-16-5-7-17(8-6-16)36-24(25,26)27/h3-12H,2,13-14H2,1H3,(H,30,34)(H,28,31,32). The molecule has 0 radical (unpaired) electrons. The fraction of sp³-hybridized carbons (Fsp3) is 0.208. The van der Waals surface area contributed by atoms with Gasteiger partial charge in [-0.3, -0.25) is 14.4 Å². The van der Waals surface area contributed by atoms with Crippen LogP contribution in [-0.4, -0.2) is 40.7 Å². The normalized spacial score (nSPS) is 10.9. The molecule has 37 heavy (non-hydrogen) atoms. The van der Waals surface area contributed by atoms with E-state index in [1.807, 2.05) is 0 Å². The molecule has 2 aromatic heterocycles. The van der Waals surface area contributed by atoms with Gasteiger partial charge in [0.15, 0.2) is 0 Å². The molecule has 1 aromatic carbocycles. The second-order valence-electron chi connectivity index (χ2n) is 7.25. The Morgan fingerprint density at radius 3 is 2.46 bits per heavy atom. The van der Waals surface area contributed by atoms with Gasteiger partial charge in [-0.25, -0.2) is 9.97 Å². The third kappa shape index (κ3) is 9.11. The minimum atomic E-state index is -4.81. The van der Waals surface area contributed by atoms with Crippen LogP contribution < -0.4 is 15.4 Å². The van der Waals surface area contributed by atoms with Crippen molar-refractivity contribution in [2.24, 2.45) is 0 Å². The number of carbonyl (C=O) groups excluding carboxylic acids is 3. The Morgan fingerprint density at radius 2 is 1.76 bits per heavy atom. The average Bonchev–Trinajstić information content (AvgIpc) is 2.83. The van der Waals surface area contributed by atoms with Crippen LogP contribution >= 0.6 is 11.8 Å². The van der Waals surface area contributed by atoms with Gasteiger partial charge >= 0.3 is 12.3 Å². The van der Waals surface area contributed by atoms with Gasteiger partial charge in [0, 0.05) is 23.8 Å². The lowest BCUT2D eigenvalue weighted by Crippen LogP contribution is -2.18. The molecule has 3 rings (SSSR count). The van der Waals surface area contributed by atoms with Gasteiger partial charge in [-0.05, 0) is 61.0 Å².